The summed E-state index contributed by atoms with van der Waals surface area (Å²) in [5.74, 6) is -0.737. The highest BCUT2D eigenvalue weighted by atomic mass is 35.5. The first-order valence-electron chi connectivity index (χ1n) is 9.01. The van der Waals surface area contributed by atoms with Crippen molar-refractivity contribution in [3.05, 3.63) is 74.2 Å². The zero-order valence-corrected chi connectivity index (χ0v) is 18.7. The predicted octanol–water partition coefficient (Wildman–Crippen LogP) is 4.24. The number of aromatic nitrogens is 2. The lowest BCUT2D eigenvalue weighted by atomic mass is 10.1. The Hall–Kier alpha value is -2.20. The Balaban J connectivity index is 1.59. The van der Waals surface area contributed by atoms with Crippen LogP contribution >= 0.6 is 22.9 Å². The lowest BCUT2D eigenvalue weighted by Gasteiger charge is -2.08. The first kappa shape index (κ1) is 22.5. The van der Waals surface area contributed by atoms with E-state index in [1.165, 1.54) is 6.20 Å². The van der Waals surface area contributed by atoms with E-state index in [-0.39, 0.29) is 22.2 Å². The number of carbonyl (C=O) groups excluding carboxylic acids is 1. The van der Waals surface area contributed by atoms with E-state index in [0.717, 1.165) is 33.8 Å². The van der Waals surface area contributed by atoms with Crippen LogP contribution in [0.15, 0.2) is 41.4 Å². The summed E-state index contributed by atoms with van der Waals surface area (Å²) in [5.41, 5.74) is 1.86. The molecule has 0 saturated heterocycles. The minimum Gasteiger partial charge on any atom is -0.294 e. The number of Topliss-reactive ketones (excluding diaryl/α,β-unsaturated/α-hetero) is 1. The molecule has 0 spiro atoms. The average molecular weight is 468 g/mol. The van der Waals surface area contributed by atoms with Gasteiger partial charge in [0.15, 0.2) is 5.78 Å². The molecule has 2 aromatic heterocycles. The molecule has 0 aliphatic rings. The number of aryl methyl sites for hydroxylation is 3. The molecular weight excluding hydrogens is 449 g/mol. The maximum absolute atomic E-state index is 13.2. The van der Waals surface area contributed by atoms with Crippen molar-refractivity contribution in [3.63, 3.8) is 0 Å². The summed E-state index contributed by atoms with van der Waals surface area (Å²) in [6, 6.07) is 6.38. The van der Waals surface area contributed by atoms with E-state index in [9.17, 15) is 17.6 Å². The van der Waals surface area contributed by atoms with Gasteiger partial charge in [-0.3, -0.25) is 9.78 Å². The first-order valence-corrected chi connectivity index (χ1v) is 11.7. The molecule has 6 nitrogen and oxygen atoms in total. The Morgan fingerprint density at radius 3 is 2.60 bits per heavy atom. The van der Waals surface area contributed by atoms with Gasteiger partial charge < -0.3 is 0 Å². The number of rotatable bonds is 8. The van der Waals surface area contributed by atoms with Gasteiger partial charge >= 0.3 is 0 Å². The number of hydrogen-bond donors (Lipinski definition) is 1. The van der Waals surface area contributed by atoms with Crippen molar-refractivity contribution in [2.24, 2.45) is 0 Å². The van der Waals surface area contributed by atoms with Gasteiger partial charge in [-0.2, -0.15) is 0 Å². The van der Waals surface area contributed by atoms with E-state index in [0.29, 0.717) is 24.1 Å². The third-order valence-corrected chi connectivity index (χ3v) is 7.19. The number of hydrogen-bond acceptors (Lipinski definition) is 6. The number of nitrogens with zero attached hydrogens (tertiary/aromatic N) is 2. The van der Waals surface area contributed by atoms with Gasteiger partial charge in [0.2, 0.25) is 10.0 Å². The van der Waals surface area contributed by atoms with Crippen LogP contribution < -0.4 is 4.72 Å². The Morgan fingerprint density at radius 2 is 2.00 bits per heavy atom. The molecule has 0 atom stereocenters. The number of sulfonamides is 1. The smallest absolute Gasteiger partial charge is 0.240 e. The molecule has 0 saturated carbocycles. The van der Waals surface area contributed by atoms with E-state index in [1.807, 2.05) is 13.8 Å². The minimum atomic E-state index is -3.88. The van der Waals surface area contributed by atoms with E-state index >= 15 is 0 Å². The second kappa shape index (κ2) is 9.30. The SMILES string of the molecule is Cc1nc(C)c(CCC(=O)c2ccc(CNS(=O)(=O)c3ccc(F)c(Cl)c3)nc2)s1. The van der Waals surface area contributed by atoms with Gasteiger partial charge in [0.05, 0.1) is 32.9 Å². The van der Waals surface area contributed by atoms with Crippen LogP contribution in [0.4, 0.5) is 4.39 Å². The summed E-state index contributed by atoms with van der Waals surface area (Å²) < 4.78 is 40.2. The number of benzene rings is 1. The summed E-state index contributed by atoms with van der Waals surface area (Å²) in [5, 5.41) is 0.703. The number of carbonyl (C=O) groups is 1. The molecule has 0 radical (unpaired) electrons. The van der Waals surface area contributed by atoms with Gasteiger partial charge in [0.25, 0.3) is 0 Å². The molecule has 1 N–H and O–H groups in total. The summed E-state index contributed by atoms with van der Waals surface area (Å²) >= 11 is 7.23. The van der Waals surface area contributed by atoms with Crippen LogP contribution in [-0.4, -0.2) is 24.2 Å². The summed E-state index contributed by atoms with van der Waals surface area (Å²) in [6.45, 7) is 3.79. The predicted molar refractivity (Wildman–Crippen MR) is 114 cm³/mol. The van der Waals surface area contributed by atoms with Crippen LogP contribution in [0, 0.1) is 19.7 Å². The quantitative estimate of drug-likeness (QED) is 0.500. The Labute approximate surface area is 183 Å². The normalized spacial score (nSPS) is 11.6. The second-order valence-corrected chi connectivity index (χ2v) is 10.1. The molecule has 0 aliphatic carbocycles. The van der Waals surface area contributed by atoms with Gasteiger partial charge in [0.1, 0.15) is 5.82 Å². The molecule has 0 aliphatic heterocycles. The maximum atomic E-state index is 13.2. The van der Waals surface area contributed by atoms with Crippen LogP contribution in [0.3, 0.4) is 0 Å². The molecule has 0 unspecified atom stereocenters. The molecule has 10 heteroatoms. The van der Waals surface area contributed by atoms with Crippen molar-refractivity contribution >= 4 is 38.7 Å². The average Bonchev–Trinajstić information content (AvgIpc) is 3.04. The Morgan fingerprint density at radius 1 is 1.23 bits per heavy atom. The topological polar surface area (TPSA) is 89.0 Å². The number of thiazole rings is 1. The number of nitrogens with one attached hydrogen (secondary N) is 1. The maximum Gasteiger partial charge on any atom is 0.240 e. The lowest BCUT2D eigenvalue weighted by Crippen LogP contribution is -2.23. The summed E-state index contributed by atoms with van der Waals surface area (Å²) in [4.78, 5) is 21.9. The van der Waals surface area contributed by atoms with E-state index in [1.54, 1.807) is 23.5 Å². The molecule has 2 heterocycles. The van der Waals surface area contributed by atoms with Crippen molar-refractivity contribution in [3.8, 4) is 0 Å². The van der Waals surface area contributed by atoms with Crippen molar-refractivity contribution in [2.45, 2.75) is 38.1 Å². The highest BCUT2D eigenvalue weighted by Gasteiger charge is 2.16. The fourth-order valence-electron chi connectivity index (χ4n) is 2.77. The number of ketones is 1. The molecule has 3 rings (SSSR count). The van der Waals surface area contributed by atoms with Crippen LogP contribution in [0.25, 0.3) is 0 Å². The summed E-state index contributed by atoms with van der Waals surface area (Å²) in [6.07, 6.45) is 2.41. The fourth-order valence-corrected chi connectivity index (χ4v) is 4.97. The Bertz CT molecular complexity index is 1180. The summed E-state index contributed by atoms with van der Waals surface area (Å²) in [7, 11) is -3.88. The van der Waals surface area contributed by atoms with E-state index in [4.69, 9.17) is 11.6 Å². The molecule has 30 heavy (non-hydrogen) atoms. The van der Waals surface area contributed by atoms with Crippen LogP contribution in [0.2, 0.25) is 5.02 Å². The van der Waals surface area contributed by atoms with Gasteiger partial charge in [-0.25, -0.2) is 22.5 Å². The van der Waals surface area contributed by atoms with Crippen molar-refractivity contribution in [1.29, 1.82) is 0 Å². The van der Waals surface area contributed by atoms with Crippen LogP contribution in [-0.2, 0) is 23.0 Å². The number of pyridine rings is 1. The van der Waals surface area contributed by atoms with Gasteiger partial charge in [-0.15, -0.1) is 11.3 Å². The van der Waals surface area contributed by atoms with Crippen LogP contribution in [0.1, 0.15) is 38.1 Å². The van der Waals surface area contributed by atoms with Gasteiger partial charge in [-0.1, -0.05) is 11.6 Å². The molecule has 158 valence electrons. The van der Waals surface area contributed by atoms with E-state index < -0.39 is 15.8 Å². The Kier molecular flexibility index (Phi) is 6.97. The first-order chi connectivity index (χ1) is 14.2. The minimum absolute atomic E-state index is 0.0407. The molecule has 0 amide bonds. The zero-order chi connectivity index (χ0) is 21.9. The monoisotopic (exact) mass is 467 g/mol. The molecular formula is C20H19ClFN3O3S2. The fraction of sp³-hybridized carbons (Fsp3) is 0.250. The largest absolute Gasteiger partial charge is 0.294 e. The standard InChI is InChI=1S/C20H19ClFN3O3S2/c1-12-20(29-13(2)25-12)8-7-19(26)14-3-4-15(23-10-14)11-24-30(27,28)16-5-6-18(22)17(21)9-16/h3-6,9-10,24H,7-8,11H2,1-2H3. The molecule has 0 fully saturated rings. The highest BCUT2D eigenvalue weighted by molar-refractivity contribution is 7.89. The molecule has 3 aromatic rings. The number of halogens is 2. The third-order valence-electron chi connectivity index (χ3n) is 4.37. The van der Waals surface area contributed by atoms with Crippen LogP contribution in [0.5, 0.6) is 0 Å². The molecule has 0 bridgehead atoms. The van der Waals surface area contributed by atoms with Crippen molar-refractivity contribution in [1.82, 2.24) is 14.7 Å². The third kappa shape index (κ3) is 5.48. The van der Waals surface area contributed by atoms with E-state index in [2.05, 4.69) is 14.7 Å². The van der Waals surface area contributed by atoms with Crippen molar-refractivity contribution in [2.75, 3.05) is 0 Å². The van der Waals surface area contributed by atoms with Crippen molar-refractivity contribution < 1.29 is 17.6 Å². The molecule has 1 aromatic carbocycles. The lowest BCUT2D eigenvalue weighted by molar-refractivity contribution is 0.0982. The second-order valence-electron chi connectivity index (χ2n) is 6.60. The zero-order valence-electron chi connectivity index (χ0n) is 16.3. The highest BCUT2D eigenvalue weighted by Crippen LogP contribution is 2.21. The van der Waals surface area contributed by atoms with Gasteiger partial charge in [0, 0.05) is 23.1 Å². The van der Waals surface area contributed by atoms with Gasteiger partial charge in [-0.05, 0) is 50.6 Å².